The molecule has 0 saturated carbocycles. The van der Waals surface area contributed by atoms with Gasteiger partial charge in [0.15, 0.2) is 5.76 Å². The van der Waals surface area contributed by atoms with Crippen molar-refractivity contribution in [2.75, 3.05) is 26.2 Å². The van der Waals surface area contributed by atoms with Crippen LogP contribution in [0.15, 0.2) is 27.3 Å². The molecule has 0 radical (unpaired) electrons. The van der Waals surface area contributed by atoms with Gasteiger partial charge >= 0.3 is 0 Å². The number of hydrogen-bond donors (Lipinski definition) is 0. The van der Waals surface area contributed by atoms with E-state index in [4.69, 9.17) is 13.7 Å². The molecule has 8 heteroatoms. The van der Waals surface area contributed by atoms with Crippen molar-refractivity contribution in [2.24, 2.45) is 0 Å². The van der Waals surface area contributed by atoms with Gasteiger partial charge in [0.1, 0.15) is 0 Å². The Morgan fingerprint density at radius 2 is 1.96 bits per heavy atom. The first-order valence-corrected chi connectivity index (χ1v) is 10.1. The molecular formula is C20H28N4O4. The molecule has 2 aliphatic heterocycles. The molecule has 152 valence electrons. The zero-order chi connectivity index (χ0) is 19.5. The quantitative estimate of drug-likeness (QED) is 0.777. The summed E-state index contributed by atoms with van der Waals surface area (Å²) >= 11 is 0. The van der Waals surface area contributed by atoms with Crippen molar-refractivity contribution in [1.82, 2.24) is 19.9 Å². The summed E-state index contributed by atoms with van der Waals surface area (Å²) in [6.07, 6.45) is 5.01. The van der Waals surface area contributed by atoms with E-state index < -0.39 is 0 Å². The van der Waals surface area contributed by atoms with Gasteiger partial charge in [0.25, 0.3) is 0 Å². The number of nitrogens with zero attached hydrogens (tertiary/aromatic N) is 4. The average Bonchev–Trinajstić information content (AvgIpc) is 3.37. The molecule has 0 spiro atoms. The van der Waals surface area contributed by atoms with Crippen LogP contribution in [-0.2, 0) is 16.0 Å². The predicted molar refractivity (Wildman–Crippen MR) is 102 cm³/mol. The van der Waals surface area contributed by atoms with Crippen LogP contribution in [0.3, 0.4) is 0 Å². The zero-order valence-electron chi connectivity index (χ0n) is 16.5. The van der Waals surface area contributed by atoms with Crippen molar-refractivity contribution in [3.63, 3.8) is 0 Å². The Balaban J connectivity index is 1.23. The summed E-state index contributed by atoms with van der Waals surface area (Å²) in [7, 11) is 0. The number of rotatable bonds is 5. The fourth-order valence-corrected chi connectivity index (χ4v) is 4.23. The first kappa shape index (κ1) is 19.1. The molecule has 0 aliphatic carbocycles. The van der Waals surface area contributed by atoms with Gasteiger partial charge in [0, 0.05) is 45.1 Å². The number of morpholine rings is 1. The number of carbonyl (C=O) groups is 1. The van der Waals surface area contributed by atoms with Crippen molar-refractivity contribution in [3.8, 4) is 11.6 Å². The number of furan rings is 1. The normalized spacial score (nSPS) is 24.6. The standard InChI is InChI=1S/C20H28N4O4/c1-14-12-24(13-15(2)27-14)16-7-9-23(10-8-16)19(25)6-5-18-21-20(22-28-18)17-4-3-11-26-17/h3-4,11,14-16H,5-10,12-13H2,1-2H3/t14-,15+. The largest absolute Gasteiger partial charge is 0.461 e. The number of aryl methyl sites for hydroxylation is 1. The number of likely N-dealkylation sites (tertiary alicyclic amines) is 1. The van der Waals surface area contributed by atoms with Crippen molar-refractivity contribution < 1.29 is 18.5 Å². The molecule has 2 aromatic rings. The highest BCUT2D eigenvalue weighted by Gasteiger charge is 2.31. The first-order valence-electron chi connectivity index (χ1n) is 10.1. The molecule has 28 heavy (non-hydrogen) atoms. The van der Waals surface area contributed by atoms with Crippen LogP contribution >= 0.6 is 0 Å². The van der Waals surface area contributed by atoms with Gasteiger partial charge in [-0.15, -0.1) is 0 Å². The molecular weight excluding hydrogens is 360 g/mol. The van der Waals surface area contributed by atoms with E-state index in [0.29, 0.717) is 36.4 Å². The van der Waals surface area contributed by atoms with Crippen LogP contribution in [0, 0.1) is 0 Å². The lowest BCUT2D eigenvalue weighted by molar-refractivity contribution is -0.134. The van der Waals surface area contributed by atoms with Crippen LogP contribution in [0.4, 0.5) is 0 Å². The topological polar surface area (TPSA) is 84.8 Å². The summed E-state index contributed by atoms with van der Waals surface area (Å²) in [6.45, 7) is 7.86. The molecule has 0 unspecified atom stereocenters. The highest BCUT2D eigenvalue weighted by Crippen LogP contribution is 2.22. The minimum absolute atomic E-state index is 0.153. The lowest BCUT2D eigenvalue weighted by atomic mass is 10.0. The zero-order valence-corrected chi connectivity index (χ0v) is 16.5. The fourth-order valence-electron chi connectivity index (χ4n) is 4.23. The van der Waals surface area contributed by atoms with E-state index in [1.165, 1.54) is 0 Å². The van der Waals surface area contributed by atoms with Gasteiger partial charge in [-0.25, -0.2) is 0 Å². The molecule has 2 atom stereocenters. The Morgan fingerprint density at radius 1 is 1.21 bits per heavy atom. The highest BCUT2D eigenvalue weighted by atomic mass is 16.5. The summed E-state index contributed by atoms with van der Waals surface area (Å²) in [6, 6.07) is 4.10. The lowest BCUT2D eigenvalue weighted by Crippen LogP contribution is -2.53. The second-order valence-corrected chi connectivity index (χ2v) is 7.81. The van der Waals surface area contributed by atoms with Crippen LogP contribution in [0.2, 0.25) is 0 Å². The maximum Gasteiger partial charge on any atom is 0.238 e. The number of amides is 1. The van der Waals surface area contributed by atoms with E-state index >= 15 is 0 Å². The molecule has 2 aliphatic rings. The Hall–Kier alpha value is -2.19. The SMILES string of the molecule is C[C@@H]1CN(C2CCN(C(=O)CCc3nc(-c4ccco4)no3)CC2)C[C@H](C)O1. The number of aromatic nitrogens is 2. The summed E-state index contributed by atoms with van der Waals surface area (Å²) in [5.41, 5.74) is 0. The molecule has 4 heterocycles. The van der Waals surface area contributed by atoms with Crippen molar-refractivity contribution >= 4 is 5.91 Å². The number of piperidine rings is 1. The second-order valence-electron chi connectivity index (χ2n) is 7.81. The minimum atomic E-state index is 0.153. The molecule has 8 nitrogen and oxygen atoms in total. The average molecular weight is 388 g/mol. The van der Waals surface area contributed by atoms with Gasteiger partial charge in [-0.3, -0.25) is 9.69 Å². The van der Waals surface area contributed by atoms with E-state index in [2.05, 4.69) is 28.9 Å². The molecule has 2 saturated heterocycles. The summed E-state index contributed by atoms with van der Waals surface area (Å²) in [5.74, 6) is 1.60. The van der Waals surface area contributed by atoms with Gasteiger partial charge in [-0.2, -0.15) is 4.98 Å². The van der Waals surface area contributed by atoms with Crippen molar-refractivity contribution in [1.29, 1.82) is 0 Å². The molecule has 4 rings (SSSR count). The van der Waals surface area contributed by atoms with E-state index in [0.717, 1.165) is 39.0 Å². The van der Waals surface area contributed by atoms with E-state index in [1.807, 2.05) is 4.90 Å². The minimum Gasteiger partial charge on any atom is -0.461 e. The monoisotopic (exact) mass is 388 g/mol. The van der Waals surface area contributed by atoms with Crippen LogP contribution in [0.25, 0.3) is 11.6 Å². The van der Waals surface area contributed by atoms with Gasteiger partial charge in [-0.05, 0) is 38.8 Å². The van der Waals surface area contributed by atoms with Crippen LogP contribution in [-0.4, -0.2) is 70.3 Å². The smallest absolute Gasteiger partial charge is 0.238 e. The second kappa shape index (κ2) is 8.45. The highest BCUT2D eigenvalue weighted by molar-refractivity contribution is 5.76. The Labute approximate surface area is 164 Å². The Kier molecular flexibility index (Phi) is 5.77. The molecule has 0 bridgehead atoms. The van der Waals surface area contributed by atoms with Crippen LogP contribution in [0.1, 0.15) is 39.0 Å². The third-order valence-electron chi connectivity index (χ3n) is 5.54. The number of carbonyl (C=O) groups excluding carboxylic acids is 1. The van der Waals surface area contributed by atoms with E-state index in [-0.39, 0.29) is 18.1 Å². The van der Waals surface area contributed by atoms with Gasteiger partial charge < -0.3 is 18.6 Å². The molecule has 0 aromatic carbocycles. The van der Waals surface area contributed by atoms with Crippen LogP contribution < -0.4 is 0 Å². The summed E-state index contributed by atoms with van der Waals surface area (Å²) in [4.78, 5) is 21.4. The summed E-state index contributed by atoms with van der Waals surface area (Å²) < 4.78 is 16.3. The fraction of sp³-hybridized carbons (Fsp3) is 0.650. The Bertz CT molecular complexity index is 757. The maximum atomic E-state index is 12.6. The molecule has 1 amide bonds. The van der Waals surface area contributed by atoms with Gasteiger partial charge in [-0.1, -0.05) is 5.16 Å². The lowest BCUT2D eigenvalue weighted by Gasteiger charge is -2.43. The van der Waals surface area contributed by atoms with E-state index in [1.54, 1.807) is 18.4 Å². The molecule has 0 N–H and O–H groups in total. The Morgan fingerprint density at radius 3 is 2.64 bits per heavy atom. The number of ether oxygens (including phenoxy) is 1. The third-order valence-corrected chi connectivity index (χ3v) is 5.54. The van der Waals surface area contributed by atoms with Gasteiger partial charge in [0.05, 0.1) is 18.5 Å². The maximum absolute atomic E-state index is 12.6. The first-order chi connectivity index (χ1) is 13.6. The third kappa shape index (κ3) is 4.44. The molecule has 2 fully saturated rings. The predicted octanol–water partition coefficient (Wildman–Crippen LogP) is 2.36. The summed E-state index contributed by atoms with van der Waals surface area (Å²) in [5, 5.41) is 3.90. The van der Waals surface area contributed by atoms with Crippen LogP contribution in [0.5, 0.6) is 0 Å². The van der Waals surface area contributed by atoms with E-state index in [9.17, 15) is 4.79 Å². The molecule has 2 aromatic heterocycles. The number of hydrogen-bond acceptors (Lipinski definition) is 7. The van der Waals surface area contributed by atoms with Gasteiger partial charge in [0.2, 0.25) is 17.6 Å². The van der Waals surface area contributed by atoms with Crippen molar-refractivity contribution in [2.45, 2.75) is 57.8 Å². The van der Waals surface area contributed by atoms with Crippen molar-refractivity contribution in [3.05, 3.63) is 24.3 Å².